The summed E-state index contributed by atoms with van der Waals surface area (Å²) in [4.78, 5) is 60.5. The van der Waals surface area contributed by atoms with E-state index in [1.54, 1.807) is 16.8 Å². The second-order valence-corrected chi connectivity index (χ2v) is 18.7. The Morgan fingerprint density at radius 3 is 2.19 bits per heavy atom. The first-order valence-corrected chi connectivity index (χ1v) is 19.2. The van der Waals surface area contributed by atoms with Gasteiger partial charge >= 0.3 is 19.2 Å². The summed E-state index contributed by atoms with van der Waals surface area (Å²) in [6.07, 6.45) is 1.50. The van der Waals surface area contributed by atoms with E-state index in [9.17, 15) is 19.2 Å². The van der Waals surface area contributed by atoms with Crippen molar-refractivity contribution in [3.63, 3.8) is 0 Å². The molecule has 2 bridgehead atoms. The van der Waals surface area contributed by atoms with Gasteiger partial charge in [0.1, 0.15) is 18.2 Å². The molecule has 3 heterocycles. The molecule has 3 saturated carbocycles. The Morgan fingerprint density at radius 2 is 1.63 bits per heavy atom. The van der Waals surface area contributed by atoms with Crippen LogP contribution in [0.1, 0.15) is 106 Å². The molecule has 3 aliphatic heterocycles. The van der Waals surface area contributed by atoms with Crippen molar-refractivity contribution in [1.29, 1.82) is 0 Å². The van der Waals surface area contributed by atoms with Gasteiger partial charge in [-0.3, -0.25) is 14.5 Å². The van der Waals surface area contributed by atoms with E-state index in [2.05, 4.69) is 31.4 Å². The first-order chi connectivity index (χ1) is 24.1. The average molecular weight is 722 g/mol. The molecule has 52 heavy (non-hydrogen) atoms. The summed E-state index contributed by atoms with van der Waals surface area (Å²) < 4.78 is 19.3. The number of carbonyl (C=O) groups is 4. The summed E-state index contributed by atoms with van der Waals surface area (Å²) in [6.45, 7) is 21.1. The number of likely N-dealkylation sites (tertiary alicyclic amines) is 1. The highest BCUT2D eigenvalue weighted by Crippen LogP contribution is 2.65. The largest absolute Gasteiger partial charge is 0.481 e. The summed E-state index contributed by atoms with van der Waals surface area (Å²) in [5.41, 5.74) is 0.721. The van der Waals surface area contributed by atoms with Gasteiger partial charge in [0.2, 0.25) is 11.8 Å². The molecule has 2 saturated heterocycles. The zero-order valence-corrected chi connectivity index (χ0v) is 33.1. The number of rotatable bonds is 7. The standard InChI is InChI=1S/C39H60BN5O7/c1-12-30(40-51-29-18-25-17-28(38(25,8)9)39(29,10)52-40)41-32(46)27-19-26(50-35(49)44-20-23-15-13-14-16-24(23)21-44)22-45(27)33(47)31(36(2,3)4)42-34(48)43(11)37(5,6)7/h13-16,25-31H,12,17-22H2,1-11H3,(H,41,46)(H,42,48)/t25-,26-,27+,28-,29-,30+,31-,39+/m1/s1. The predicted octanol–water partition coefficient (Wildman–Crippen LogP) is 5.13. The van der Waals surface area contributed by atoms with Gasteiger partial charge in [-0.2, -0.15) is 0 Å². The highest BCUT2D eigenvalue weighted by atomic mass is 16.7. The normalized spacial score (nSPS) is 30.1. The summed E-state index contributed by atoms with van der Waals surface area (Å²) in [7, 11) is 1.07. The minimum Gasteiger partial charge on any atom is -0.444 e. The van der Waals surface area contributed by atoms with Crippen molar-refractivity contribution in [1.82, 2.24) is 25.3 Å². The molecule has 1 aromatic rings. The van der Waals surface area contributed by atoms with Crippen LogP contribution in [-0.4, -0.2) is 101 Å². The molecule has 7 rings (SSSR count). The second-order valence-electron chi connectivity index (χ2n) is 18.7. The van der Waals surface area contributed by atoms with E-state index in [1.807, 2.05) is 72.7 Å². The van der Waals surface area contributed by atoms with Crippen LogP contribution in [0.25, 0.3) is 0 Å². The molecule has 3 aliphatic carbocycles. The summed E-state index contributed by atoms with van der Waals surface area (Å²) in [5, 5.41) is 6.14. The van der Waals surface area contributed by atoms with E-state index in [-0.39, 0.29) is 30.4 Å². The van der Waals surface area contributed by atoms with Crippen LogP contribution in [0.5, 0.6) is 0 Å². The van der Waals surface area contributed by atoms with E-state index in [0.29, 0.717) is 31.3 Å². The number of hydrogen-bond acceptors (Lipinski definition) is 7. The zero-order valence-electron chi connectivity index (χ0n) is 33.1. The SMILES string of the molecule is CC[C@H](NC(=O)[C@@H]1C[C@@H](OC(=O)N2Cc3ccccc3C2)CN1C(=O)[C@@H](NC(=O)N(C)C(C)(C)C)C(C)(C)C)B1O[C@@H]2C[C@H]3C[C@H](C3(C)C)[C@]2(C)O1. The van der Waals surface area contributed by atoms with E-state index in [1.165, 1.54) is 4.90 Å². The van der Waals surface area contributed by atoms with Gasteiger partial charge < -0.3 is 34.5 Å². The molecule has 5 amide bonds. The smallest absolute Gasteiger partial charge is 0.444 e. The molecule has 0 spiro atoms. The van der Waals surface area contributed by atoms with Gasteiger partial charge in [-0.05, 0) is 80.8 Å². The van der Waals surface area contributed by atoms with Crippen LogP contribution >= 0.6 is 0 Å². The molecular formula is C39H60BN5O7. The lowest BCUT2D eigenvalue weighted by Gasteiger charge is -2.64. The molecule has 1 aromatic carbocycles. The van der Waals surface area contributed by atoms with Gasteiger partial charge in [0.25, 0.3) is 0 Å². The maximum Gasteiger partial charge on any atom is 0.481 e. The number of ether oxygens (including phenoxy) is 1. The van der Waals surface area contributed by atoms with Crippen LogP contribution in [0.3, 0.4) is 0 Å². The fourth-order valence-electron chi connectivity index (χ4n) is 9.11. The molecule has 0 aromatic heterocycles. The third-order valence-corrected chi connectivity index (χ3v) is 13.0. The van der Waals surface area contributed by atoms with Gasteiger partial charge in [0.15, 0.2) is 0 Å². The maximum atomic E-state index is 14.6. The molecule has 12 nitrogen and oxygen atoms in total. The van der Waals surface area contributed by atoms with E-state index in [4.69, 9.17) is 14.0 Å². The van der Waals surface area contributed by atoms with Crippen LogP contribution in [0.15, 0.2) is 24.3 Å². The van der Waals surface area contributed by atoms with Crippen LogP contribution in [0.4, 0.5) is 9.59 Å². The van der Waals surface area contributed by atoms with Gasteiger partial charge in [-0.1, -0.05) is 65.8 Å². The number of amides is 5. The van der Waals surface area contributed by atoms with Crippen molar-refractivity contribution in [2.24, 2.45) is 22.7 Å². The number of urea groups is 1. The number of benzene rings is 1. The first-order valence-electron chi connectivity index (χ1n) is 19.2. The molecular weight excluding hydrogens is 661 g/mol. The fourth-order valence-corrected chi connectivity index (χ4v) is 9.11. The Bertz CT molecular complexity index is 1550. The number of fused-ring (bicyclic) bond motifs is 1. The Balaban J connectivity index is 1.20. The summed E-state index contributed by atoms with van der Waals surface area (Å²) >= 11 is 0. The number of hydrogen-bond donors (Lipinski definition) is 2. The van der Waals surface area contributed by atoms with E-state index >= 15 is 0 Å². The number of carbonyl (C=O) groups excluding carboxylic acids is 4. The van der Waals surface area contributed by atoms with Crippen LogP contribution < -0.4 is 10.6 Å². The minimum absolute atomic E-state index is 0.0204. The fraction of sp³-hybridized carbons (Fsp3) is 0.744. The number of nitrogens with zero attached hydrogens (tertiary/aromatic N) is 3. The third-order valence-electron chi connectivity index (χ3n) is 13.0. The molecule has 8 atom stereocenters. The minimum atomic E-state index is -0.955. The zero-order chi connectivity index (χ0) is 38.1. The van der Waals surface area contributed by atoms with Crippen LogP contribution in [0.2, 0.25) is 0 Å². The lowest BCUT2D eigenvalue weighted by Crippen LogP contribution is -2.65. The van der Waals surface area contributed by atoms with Crippen molar-refractivity contribution in [2.75, 3.05) is 13.6 Å². The van der Waals surface area contributed by atoms with Crippen molar-refractivity contribution in [3.05, 3.63) is 35.4 Å². The van der Waals surface area contributed by atoms with Gasteiger partial charge in [0.05, 0.1) is 24.2 Å². The monoisotopic (exact) mass is 721 g/mol. The van der Waals surface area contributed by atoms with E-state index in [0.717, 1.165) is 24.0 Å². The second kappa shape index (κ2) is 13.5. The molecule has 2 N–H and O–H groups in total. The predicted molar refractivity (Wildman–Crippen MR) is 198 cm³/mol. The highest BCUT2D eigenvalue weighted by molar-refractivity contribution is 6.47. The quantitative estimate of drug-likeness (QED) is 0.374. The van der Waals surface area contributed by atoms with Gasteiger partial charge in [0, 0.05) is 32.1 Å². The Labute approximate surface area is 310 Å². The highest BCUT2D eigenvalue weighted by Gasteiger charge is 2.68. The average Bonchev–Trinajstić information content (AvgIpc) is 3.78. The Morgan fingerprint density at radius 1 is 1.00 bits per heavy atom. The topological polar surface area (TPSA) is 130 Å². The number of nitrogens with one attached hydrogen (secondary N) is 2. The lowest BCUT2D eigenvalue weighted by atomic mass is 9.43. The van der Waals surface area contributed by atoms with Crippen molar-refractivity contribution in [3.8, 4) is 0 Å². The summed E-state index contributed by atoms with van der Waals surface area (Å²) in [5.74, 6) is -0.243. The summed E-state index contributed by atoms with van der Waals surface area (Å²) in [6, 6.07) is 5.60. The van der Waals surface area contributed by atoms with E-state index < -0.39 is 65.8 Å². The lowest BCUT2D eigenvalue weighted by molar-refractivity contribution is -0.199. The molecule has 286 valence electrons. The molecule has 5 fully saturated rings. The van der Waals surface area contributed by atoms with Gasteiger partial charge in [-0.15, -0.1) is 0 Å². The molecule has 0 radical (unpaired) electrons. The van der Waals surface area contributed by atoms with Crippen molar-refractivity contribution < 1.29 is 33.2 Å². The van der Waals surface area contributed by atoms with Gasteiger partial charge in [-0.25, -0.2) is 9.59 Å². The maximum absolute atomic E-state index is 14.6. The van der Waals surface area contributed by atoms with Crippen molar-refractivity contribution >= 4 is 31.1 Å². The molecule has 6 aliphatic rings. The molecule has 13 heteroatoms. The van der Waals surface area contributed by atoms with Crippen LogP contribution in [-0.2, 0) is 36.7 Å². The van der Waals surface area contributed by atoms with Crippen LogP contribution in [0, 0.1) is 22.7 Å². The first kappa shape index (κ1) is 38.4. The van der Waals surface area contributed by atoms with Crippen molar-refractivity contribution in [2.45, 2.75) is 149 Å². The Hall–Kier alpha value is -3.32. The third kappa shape index (κ3) is 6.92. The Kier molecular flexibility index (Phi) is 9.98. The molecule has 0 unspecified atom stereocenters.